The van der Waals surface area contributed by atoms with Gasteiger partial charge in [0.2, 0.25) is 5.56 Å². The molecule has 1 unspecified atom stereocenters. The Morgan fingerprint density at radius 3 is 2.70 bits per heavy atom. The molecule has 10 heteroatoms. The Labute approximate surface area is 167 Å². The number of carbonyl (C=O) groups is 1. The van der Waals surface area contributed by atoms with Crippen molar-refractivity contribution in [2.45, 2.75) is 31.6 Å². The molecule has 1 aliphatic rings. The van der Waals surface area contributed by atoms with E-state index in [-0.39, 0.29) is 28.8 Å². The van der Waals surface area contributed by atoms with E-state index in [0.717, 1.165) is 6.07 Å². The lowest BCUT2D eigenvalue weighted by Crippen LogP contribution is -2.38. The molecule has 1 atom stereocenters. The van der Waals surface area contributed by atoms with Crippen LogP contribution in [0.3, 0.4) is 0 Å². The molecule has 3 aromatic rings. The third kappa shape index (κ3) is 3.72. The minimum Gasteiger partial charge on any atom is -0.329 e. The number of hydrogen-bond donors (Lipinski definition) is 1. The lowest BCUT2D eigenvalue weighted by molar-refractivity contribution is -0.141. The molecule has 0 radical (unpaired) electrons. The number of likely N-dealkylation sites (tertiary alicyclic amines) is 1. The largest absolute Gasteiger partial charge is 0.406 e. The van der Waals surface area contributed by atoms with Crippen molar-refractivity contribution in [1.82, 2.24) is 19.4 Å². The minimum atomic E-state index is -4.64. The van der Waals surface area contributed by atoms with Gasteiger partial charge in [-0.15, -0.1) is 0 Å². The van der Waals surface area contributed by atoms with Crippen LogP contribution in [0, 0.1) is 0 Å². The van der Waals surface area contributed by atoms with Crippen molar-refractivity contribution in [3.63, 3.8) is 0 Å². The van der Waals surface area contributed by atoms with Crippen LogP contribution in [-0.4, -0.2) is 38.1 Å². The number of aromatic amines is 1. The van der Waals surface area contributed by atoms with Gasteiger partial charge in [-0.25, -0.2) is 4.98 Å². The average Bonchev–Trinajstić information content (AvgIpc) is 3.18. The summed E-state index contributed by atoms with van der Waals surface area (Å²) in [6.45, 7) is -1.21. The predicted molar refractivity (Wildman–Crippen MR) is 102 cm³/mol. The van der Waals surface area contributed by atoms with Crippen molar-refractivity contribution in [1.29, 1.82) is 0 Å². The topological polar surface area (TPSA) is 88.1 Å². The third-order valence-corrected chi connectivity index (χ3v) is 5.06. The highest BCUT2D eigenvalue weighted by Gasteiger charge is 2.37. The van der Waals surface area contributed by atoms with Gasteiger partial charge in [-0.3, -0.25) is 19.0 Å². The van der Waals surface area contributed by atoms with Crippen LogP contribution in [0.4, 0.5) is 13.2 Å². The molecule has 1 amide bonds. The number of benzene rings is 1. The van der Waals surface area contributed by atoms with Crippen LogP contribution in [0.15, 0.2) is 52.2 Å². The van der Waals surface area contributed by atoms with E-state index in [4.69, 9.17) is 0 Å². The van der Waals surface area contributed by atoms with Gasteiger partial charge in [0.25, 0.3) is 11.5 Å². The highest BCUT2D eigenvalue weighted by molar-refractivity contribution is 5.94. The van der Waals surface area contributed by atoms with E-state index >= 15 is 0 Å². The molecule has 0 aliphatic carbocycles. The van der Waals surface area contributed by atoms with Gasteiger partial charge in [0.15, 0.2) is 0 Å². The number of amides is 1. The van der Waals surface area contributed by atoms with Gasteiger partial charge in [-0.05, 0) is 31.0 Å². The monoisotopic (exact) mass is 418 g/mol. The van der Waals surface area contributed by atoms with E-state index in [1.165, 1.54) is 23.2 Å². The molecule has 156 valence electrons. The van der Waals surface area contributed by atoms with Crippen LogP contribution in [0.25, 0.3) is 10.9 Å². The zero-order chi connectivity index (χ0) is 21.5. The fourth-order valence-electron chi connectivity index (χ4n) is 3.79. The van der Waals surface area contributed by atoms with Crippen LogP contribution in [-0.2, 0) is 6.54 Å². The van der Waals surface area contributed by atoms with Crippen LogP contribution >= 0.6 is 0 Å². The van der Waals surface area contributed by atoms with Crippen molar-refractivity contribution >= 4 is 16.8 Å². The normalized spacial score (nSPS) is 16.9. The molecule has 1 fully saturated rings. The molecule has 3 heterocycles. The zero-order valence-electron chi connectivity index (χ0n) is 15.6. The number of rotatable bonds is 3. The maximum absolute atomic E-state index is 13.2. The van der Waals surface area contributed by atoms with Crippen molar-refractivity contribution in [2.24, 2.45) is 0 Å². The Morgan fingerprint density at radius 2 is 1.97 bits per heavy atom. The van der Waals surface area contributed by atoms with E-state index in [2.05, 4.69) is 9.97 Å². The van der Waals surface area contributed by atoms with Gasteiger partial charge in [0, 0.05) is 24.4 Å². The maximum atomic E-state index is 13.2. The second kappa shape index (κ2) is 7.43. The highest BCUT2D eigenvalue weighted by Crippen LogP contribution is 2.33. The fraction of sp³-hybridized carbons (Fsp3) is 0.300. The van der Waals surface area contributed by atoms with Crippen molar-refractivity contribution in [3.8, 4) is 0 Å². The van der Waals surface area contributed by atoms with E-state index in [9.17, 15) is 27.6 Å². The fourth-order valence-corrected chi connectivity index (χ4v) is 3.79. The number of alkyl halides is 3. The summed E-state index contributed by atoms with van der Waals surface area (Å²) in [5, 5.41) is 0.0796. The Balaban J connectivity index is 1.84. The Kier molecular flexibility index (Phi) is 4.92. The van der Waals surface area contributed by atoms with Crippen LogP contribution in [0.2, 0.25) is 0 Å². The molecule has 7 nitrogen and oxygen atoms in total. The molecule has 1 aromatic carbocycles. The molecule has 2 aromatic heterocycles. The number of nitrogens with zero attached hydrogens (tertiary/aromatic N) is 3. The van der Waals surface area contributed by atoms with E-state index in [1.54, 1.807) is 18.2 Å². The number of H-pyrrole nitrogens is 1. The number of fused-ring (bicyclic) bond motifs is 1. The van der Waals surface area contributed by atoms with Gasteiger partial charge >= 0.3 is 6.18 Å². The number of halogens is 3. The third-order valence-electron chi connectivity index (χ3n) is 5.06. The van der Waals surface area contributed by atoms with Crippen molar-refractivity contribution < 1.29 is 18.0 Å². The molecule has 1 N–H and O–H groups in total. The first kappa shape index (κ1) is 19.9. The zero-order valence-corrected chi connectivity index (χ0v) is 15.6. The van der Waals surface area contributed by atoms with Crippen molar-refractivity contribution in [3.05, 3.63) is 74.7 Å². The predicted octanol–water partition coefficient (Wildman–Crippen LogP) is 2.62. The lowest BCUT2D eigenvalue weighted by Gasteiger charge is -2.27. The first-order valence-electron chi connectivity index (χ1n) is 9.30. The van der Waals surface area contributed by atoms with Gasteiger partial charge in [-0.2, -0.15) is 13.2 Å². The van der Waals surface area contributed by atoms with Gasteiger partial charge in [-0.1, -0.05) is 12.1 Å². The lowest BCUT2D eigenvalue weighted by atomic mass is 10.1. The summed E-state index contributed by atoms with van der Waals surface area (Å²) in [7, 11) is 0. The van der Waals surface area contributed by atoms with Gasteiger partial charge in [0.05, 0.1) is 16.9 Å². The summed E-state index contributed by atoms with van der Waals surface area (Å²) in [6.07, 6.45) is -2.41. The van der Waals surface area contributed by atoms with Crippen molar-refractivity contribution in [2.75, 3.05) is 6.54 Å². The Hall–Kier alpha value is -3.43. The van der Waals surface area contributed by atoms with Crippen LogP contribution in [0.5, 0.6) is 0 Å². The number of pyridine rings is 1. The summed E-state index contributed by atoms with van der Waals surface area (Å²) in [6, 6.07) is 7.92. The highest BCUT2D eigenvalue weighted by atomic mass is 19.4. The smallest absolute Gasteiger partial charge is 0.329 e. The number of para-hydroxylation sites is 1. The second-order valence-electron chi connectivity index (χ2n) is 7.09. The first-order chi connectivity index (χ1) is 14.2. The first-order valence-corrected chi connectivity index (χ1v) is 9.30. The maximum Gasteiger partial charge on any atom is 0.406 e. The summed E-state index contributed by atoms with van der Waals surface area (Å²) in [4.78, 5) is 45.5. The Morgan fingerprint density at radius 1 is 1.20 bits per heavy atom. The van der Waals surface area contributed by atoms with E-state index in [1.807, 2.05) is 0 Å². The van der Waals surface area contributed by atoms with E-state index < -0.39 is 35.8 Å². The number of aromatic nitrogens is 3. The van der Waals surface area contributed by atoms with Crippen LogP contribution < -0.4 is 11.1 Å². The molecule has 0 spiro atoms. The molecule has 1 saturated heterocycles. The Bertz CT molecular complexity index is 1230. The van der Waals surface area contributed by atoms with Crippen LogP contribution in [0.1, 0.15) is 35.1 Å². The molecule has 0 bridgehead atoms. The minimum absolute atomic E-state index is 0.0796. The second-order valence-corrected chi connectivity index (χ2v) is 7.09. The summed E-state index contributed by atoms with van der Waals surface area (Å²) in [5.74, 6) is -0.601. The molecule has 1 aliphatic heterocycles. The molecular weight excluding hydrogens is 401 g/mol. The summed E-state index contributed by atoms with van der Waals surface area (Å²) in [5.41, 5.74) is -0.875. The van der Waals surface area contributed by atoms with Gasteiger partial charge in [0.1, 0.15) is 12.4 Å². The summed E-state index contributed by atoms with van der Waals surface area (Å²) < 4.78 is 40.3. The average molecular weight is 418 g/mol. The molecule has 0 saturated carbocycles. The number of hydrogen-bond acceptors (Lipinski definition) is 4. The quantitative estimate of drug-likeness (QED) is 0.708. The standard InChI is InChI=1S/C20H17F3N4O3/c21-20(22,23)11-27-17(25-14-5-2-1-4-13(14)19(27)30)15-6-3-9-26(15)18(29)12-7-8-24-16(28)10-12/h1-2,4-5,7-8,10,15H,3,6,9,11H2,(H,24,28). The summed E-state index contributed by atoms with van der Waals surface area (Å²) >= 11 is 0. The molecule has 4 rings (SSSR count). The number of nitrogens with one attached hydrogen (secondary N) is 1. The molecule has 30 heavy (non-hydrogen) atoms. The SMILES string of the molecule is O=C(c1cc[nH]c(=O)c1)N1CCCC1c1nc2ccccc2c(=O)n1CC(F)(F)F. The molecular formula is C20H17F3N4O3. The van der Waals surface area contributed by atoms with E-state index in [0.29, 0.717) is 17.4 Å². The van der Waals surface area contributed by atoms with Gasteiger partial charge < -0.3 is 9.88 Å². The number of carbonyl (C=O) groups excluding carboxylic acids is 1.